The first-order chi connectivity index (χ1) is 7.11. The average Bonchev–Trinajstić information content (AvgIpc) is 2.51. The van der Waals surface area contributed by atoms with Gasteiger partial charge in [-0.25, -0.2) is 0 Å². The van der Waals surface area contributed by atoms with Gasteiger partial charge in [-0.15, -0.1) is 11.3 Å². The van der Waals surface area contributed by atoms with Crippen molar-refractivity contribution in [3.05, 3.63) is 20.8 Å². The first kappa shape index (κ1) is 12.7. The van der Waals surface area contributed by atoms with Crippen molar-refractivity contribution in [1.29, 1.82) is 0 Å². The van der Waals surface area contributed by atoms with Crippen LogP contribution in [0.3, 0.4) is 0 Å². The van der Waals surface area contributed by atoms with Crippen LogP contribution in [-0.4, -0.2) is 30.9 Å². The van der Waals surface area contributed by atoms with Gasteiger partial charge in [0.1, 0.15) is 0 Å². The average molecular weight is 291 g/mol. The van der Waals surface area contributed by atoms with Crippen LogP contribution in [0.2, 0.25) is 0 Å². The molecule has 0 aromatic carbocycles. The lowest BCUT2D eigenvalue weighted by atomic mass is 10.3. The van der Waals surface area contributed by atoms with Crippen molar-refractivity contribution in [3.8, 4) is 0 Å². The minimum Gasteiger partial charge on any atom is -0.355 e. The first-order valence-electron chi connectivity index (χ1n) is 4.80. The Labute approximate surface area is 103 Å². The lowest BCUT2D eigenvalue weighted by Gasteiger charge is -2.14. The summed E-state index contributed by atoms with van der Waals surface area (Å²) in [6, 6.07) is 2.08. The SMILES string of the molecule is CCNC(=O)CN(C)Cc1csc(Br)c1. The third-order valence-corrected chi connectivity index (χ3v) is 3.41. The minimum atomic E-state index is 0.0781. The summed E-state index contributed by atoms with van der Waals surface area (Å²) in [5, 5.41) is 4.88. The number of halogens is 1. The van der Waals surface area contributed by atoms with Crippen molar-refractivity contribution in [1.82, 2.24) is 10.2 Å². The number of hydrogen-bond acceptors (Lipinski definition) is 3. The molecule has 0 saturated carbocycles. The fourth-order valence-corrected chi connectivity index (χ4v) is 2.49. The van der Waals surface area contributed by atoms with Crippen LogP contribution >= 0.6 is 27.3 Å². The van der Waals surface area contributed by atoms with E-state index in [-0.39, 0.29) is 5.91 Å². The Bertz CT molecular complexity index is 327. The molecule has 5 heteroatoms. The van der Waals surface area contributed by atoms with Crippen LogP contribution in [0.4, 0.5) is 0 Å². The van der Waals surface area contributed by atoms with E-state index in [1.807, 2.05) is 18.9 Å². The molecular weight excluding hydrogens is 276 g/mol. The van der Waals surface area contributed by atoms with Crippen LogP contribution in [0.25, 0.3) is 0 Å². The van der Waals surface area contributed by atoms with Crippen molar-refractivity contribution in [2.75, 3.05) is 20.1 Å². The fraction of sp³-hybridized carbons (Fsp3) is 0.500. The van der Waals surface area contributed by atoms with Gasteiger partial charge < -0.3 is 5.32 Å². The van der Waals surface area contributed by atoms with Gasteiger partial charge in [-0.3, -0.25) is 9.69 Å². The van der Waals surface area contributed by atoms with Gasteiger partial charge in [0.05, 0.1) is 10.3 Å². The van der Waals surface area contributed by atoms with Crippen molar-refractivity contribution >= 4 is 33.2 Å². The number of rotatable bonds is 5. The number of amides is 1. The lowest BCUT2D eigenvalue weighted by Crippen LogP contribution is -2.34. The molecule has 0 fully saturated rings. The Morgan fingerprint density at radius 2 is 2.40 bits per heavy atom. The van der Waals surface area contributed by atoms with Crippen molar-refractivity contribution in [3.63, 3.8) is 0 Å². The largest absolute Gasteiger partial charge is 0.355 e. The van der Waals surface area contributed by atoms with E-state index in [1.54, 1.807) is 11.3 Å². The molecule has 1 aromatic heterocycles. The zero-order chi connectivity index (χ0) is 11.3. The summed E-state index contributed by atoms with van der Waals surface area (Å²) in [5.74, 6) is 0.0781. The Balaban J connectivity index is 2.35. The van der Waals surface area contributed by atoms with Gasteiger partial charge in [0.15, 0.2) is 0 Å². The maximum absolute atomic E-state index is 11.3. The smallest absolute Gasteiger partial charge is 0.234 e. The number of likely N-dealkylation sites (N-methyl/N-ethyl adjacent to an activating group) is 2. The van der Waals surface area contributed by atoms with Gasteiger partial charge in [0, 0.05) is 13.1 Å². The Hall–Kier alpha value is -0.390. The summed E-state index contributed by atoms with van der Waals surface area (Å²) < 4.78 is 1.13. The highest BCUT2D eigenvalue weighted by Gasteiger charge is 2.06. The number of thiophene rings is 1. The molecule has 1 heterocycles. The number of hydrogen-bond donors (Lipinski definition) is 1. The molecule has 84 valence electrons. The second-order valence-electron chi connectivity index (χ2n) is 3.38. The van der Waals surface area contributed by atoms with Crippen molar-refractivity contribution < 1.29 is 4.79 Å². The standard InChI is InChI=1S/C10H15BrN2OS/c1-3-12-10(14)6-13(2)5-8-4-9(11)15-7-8/h4,7H,3,5-6H2,1-2H3,(H,12,14). The molecule has 0 saturated heterocycles. The number of carbonyl (C=O) groups is 1. The van der Waals surface area contributed by atoms with E-state index in [0.29, 0.717) is 13.1 Å². The summed E-state index contributed by atoms with van der Waals surface area (Å²) in [7, 11) is 1.95. The molecule has 0 aliphatic rings. The molecule has 1 amide bonds. The van der Waals surface area contributed by atoms with Crippen LogP contribution < -0.4 is 5.32 Å². The van der Waals surface area contributed by atoms with Gasteiger partial charge in [-0.2, -0.15) is 0 Å². The Morgan fingerprint density at radius 3 is 2.93 bits per heavy atom. The zero-order valence-electron chi connectivity index (χ0n) is 8.92. The van der Waals surface area contributed by atoms with E-state index >= 15 is 0 Å². The summed E-state index contributed by atoms with van der Waals surface area (Å²) >= 11 is 5.08. The first-order valence-corrected chi connectivity index (χ1v) is 6.47. The lowest BCUT2D eigenvalue weighted by molar-refractivity contribution is -0.121. The minimum absolute atomic E-state index is 0.0781. The summed E-state index contributed by atoms with van der Waals surface area (Å²) in [5.41, 5.74) is 1.23. The van der Waals surface area contributed by atoms with E-state index in [0.717, 1.165) is 10.3 Å². The molecule has 3 nitrogen and oxygen atoms in total. The molecule has 0 radical (unpaired) electrons. The molecule has 1 aromatic rings. The Kier molecular flexibility index (Phi) is 5.28. The van der Waals surface area contributed by atoms with Crippen LogP contribution in [0.5, 0.6) is 0 Å². The molecule has 15 heavy (non-hydrogen) atoms. The van der Waals surface area contributed by atoms with E-state index in [9.17, 15) is 4.79 Å². The third-order valence-electron chi connectivity index (χ3n) is 1.86. The van der Waals surface area contributed by atoms with Crippen LogP contribution in [-0.2, 0) is 11.3 Å². The number of carbonyl (C=O) groups excluding carboxylic acids is 1. The van der Waals surface area contributed by atoms with Crippen LogP contribution in [0.1, 0.15) is 12.5 Å². The molecular formula is C10H15BrN2OS. The predicted molar refractivity (Wildman–Crippen MR) is 67.0 cm³/mol. The second-order valence-corrected chi connectivity index (χ2v) is 5.68. The monoisotopic (exact) mass is 290 g/mol. The molecule has 0 spiro atoms. The molecule has 0 aliphatic carbocycles. The van der Waals surface area contributed by atoms with Crippen molar-refractivity contribution in [2.45, 2.75) is 13.5 Å². The zero-order valence-corrected chi connectivity index (χ0v) is 11.3. The second kappa shape index (κ2) is 6.25. The molecule has 0 bridgehead atoms. The molecule has 0 atom stereocenters. The molecule has 1 rings (SSSR count). The molecule has 1 N–H and O–H groups in total. The van der Waals surface area contributed by atoms with E-state index in [1.165, 1.54) is 5.56 Å². The van der Waals surface area contributed by atoms with Gasteiger partial charge >= 0.3 is 0 Å². The Morgan fingerprint density at radius 1 is 1.67 bits per heavy atom. The van der Waals surface area contributed by atoms with Crippen molar-refractivity contribution in [2.24, 2.45) is 0 Å². The van der Waals surface area contributed by atoms with Gasteiger partial charge in [0.2, 0.25) is 5.91 Å². The van der Waals surface area contributed by atoms with Gasteiger partial charge in [0.25, 0.3) is 0 Å². The third kappa shape index (κ3) is 4.77. The van der Waals surface area contributed by atoms with Gasteiger partial charge in [-0.05, 0) is 46.9 Å². The predicted octanol–water partition coefficient (Wildman–Crippen LogP) is 2.08. The summed E-state index contributed by atoms with van der Waals surface area (Å²) in [6.07, 6.45) is 0. The highest BCUT2D eigenvalue weighted by Crippen LogP contribution is 2.21. The maximum atomic E-state index is 11.3. The highest BCUT2D eigenvalue weighted by atomic mass is 79.9. The fourth-order valence-electron chi connectivity index (χ4n) is 1.29. The summed E-state index contributed by atoms with van der Waals surface area (Å²) in [6.45, 7) is 3.87. The molecule has 0 aliphatic heterocycles. The number of nitrogens with zero attached hydrogens (tertiary/aromatic N) is 1. The van der Waals surface area contributed by atoms with E-state index in [2.05, 4.69) is 32.7 Å². The van der Waals surface area contributed by atoms with Crippen LogP contribution in [0, 0.1) is 0 Å². The molecule has 0 unspecified atom stereocenters. The van der Waals surface area contributed by atoms with E-state index in [4.69, 9.17) is 0 Å². The maximum Gasteiger partial charge on any atom is 0.234 e. The van der Waals surface area contributed by atoms with Gasteiger partial charge in [-0.1, -0.05) is 0 Å². The van der Waals surface area contributed by atoms with Crippen LogP contribution in [0.15, 0.2) is 15.2 Å². The number of nitrogens with one attached hydrogen (secondary N) is 1. The quantitative estimate of drug-likeness (QED) is 0.901. The highest BCUT2D eigenvalue weighted by molar-refractivity contribution is 9.11. The summed E-state index contributed by atoms with van der Waals surface area (Å²) in [4.78, 5) is 13.3. The topological polar surface area (TPSA) is 32.3 Å². The van der Waals surface area contributed by atoms with E-state index < -0.39 is 0 Å². The normalized spacial score (nSPS) is 10.7.